The summed E-state index contributed by atoms with van der Waals surface area (Å²) in [5.41, 5.74) is 5.38. The molecule has 3 atom stereocenters. The topological polar surface area (TPSA) is 70.1 Å². The Morgan fingerprint density at radius 3 is 2.93 bits per heavy atom. The maximum Gasteiger partial charge on any atom is 0.245 e. The number of amides is 1. The second kappa shape index (κ2) is 3.39. The van der Waals surface area contributed by atoms with Gasteiger partial charge in [0.15, 0.2) is 0 Å². The van der Waals surface area contributed by atoms with Crippen LogP contribution in [0, 0.1) is 17.2 Å². The van der Waals surface area contributed by atoms with Gasteiger partial charge in [0, 0.05) is 12.2 Å². The maximum absolute atomic E-state index is 12.2. The summed E-state index contributed by atoms with van der Waals surface area (Å²) in [7, 11) is 0. The summed E-state index contributed by atoms with van der Waals surface area (Å²) < 4.78 is 0. The van der Waals surface area contributed by atoms with Crippen LogP contribution in [0.4, 0.5) is 0 Å². The van der Waals surface area contributed by atoms with Crippen molar-refractivity contribution in [1.29, 1.82) is 5.26 Å². The molecule has 2 aliphatic heterocycles. The highest BCUT2D eigenvalue weighted by Gasteiger charge is 2.55. The van der Waals surface area contributed by atoms with Gasteiger partial charge in [-0.1, -0.05) is 13.8 Å². The molecule has 1 amide bonds. The first-order valence-corrected chi connectivity index (χ1v) is 6.18. The van der Waals surface area contributed by atoms with Crippen molar-refractivity contribution in [1.82, 2.24) is 4.90 Å². The molecule has 82 valence electrons. The van der Waals surface area contributed by atoms with Crippen LogP contribution in [-0.4, -0.2) is 33.5 Å². The van der Waals surface area contributed by atoms with Crippen LogP contribution >= 0.6 is 11.8 Å². The molecule has 2 rings (SSSR count). The van der Waals surface area contributed by atoms with E-state index in [-0.39, 0.29) is 23.2 Å². The minimum Gasteiger partial charge on any atom is -0.317 e. The first-order valence-electron chi connectivity index (χ1n) is 5.13. The minimum absolute atomic E-state index is 0.0425. The monoisotopic (exact) mass is 225 g/mol. The first-order chi connectivity index (χ1) is 7.00. The number of hydrogen-bond donors (Lipinski definition) is 1. The van der Waals surface area contributed by atoms with E-state index >= 15 is 0 Å². The van der Waals surface area contributed by atoms with Gasteiger partial charge in [0.1, 0.15) is 11.6 Å². The van der Waals surface area contributed by atoms with Gasteiger partial charge in [-0.25, -0.2) is 0 Å². The van der Waals surface area contributed by atoms with E-state index in [4.69, 9.17) is 11.0 Å². The first kappa shape index (κ1) is 10.8. The molecule has 4 nitrogen and oxygen atoms in total. The van der Waals surface area contributed by atoms with E-state index in [1.54, 1.807) is 16.7 Å². The highest BCUT2D eigenvalue weighted by molar-refractivity contribution is 8.00. The van der Waals surface area contributed by atoms with Crippen LogP contribution in [0.5, 0.6) is 0 Å². The smallest absolute Gasteiger partial charge is 0.245 e. The molecule has 2 heterocycles. The molecule has 2 saturated heterocycles. The molecule has 15 heavy (non-hydrogen) atoms. The number of fused-ring (bicyclic) bond motifs is 1. The van der Waals surface area contributed by atoms with E-state index in [0.717, 1.165) is 5.75 Å². The Morgan fingerprint density at radius 1 is 1.73 bits per heavy atom. The van der Waals surface area contributed by atoms with Crippen LogP contribution in [0.1, 0.15) is 20.3 Å². The summed E-state index contributed by atoms with van der Waals surface area (Å²) >= 11 is 1.67. The predicted octanol–water partition coefficient (Wildman–Crippen LogP) is 0.537. The Morgan fingerprint density at radius 2 is 2.40 bits per heavy atom. The van der Waals surface area contributed by atoms with Gasteiger partial charge >= 0.3 is 0 Å². The van der Waals surface area contributed by atoms with Crippen molar-refractivity contribution in [2.24, 2.45) is 11.7 Å². The average molecular weight is 225 g/mol. The molecule has 3 unspecified atom stereocenters. The second-order valence-electron chi connectivity index (χ2n) is 4.54. The average Bonchev–Trinajstić information content (AvgIpc) is 2.68. The molecule has 0 aromatic rings. The lowest BCUT2D eigenvalue weighted by Gasteiger charge is -2.27. The van der Waals surface area contributed by atoms with Crippen LogP contribution in [0.3, 0.4) is 0 Å². The Balaban J connectivity index is 2.28. The van der Waals surface area contributed by atoms with Gasteiger partial charge in [-0.05, 0) is 5.92 Å². The Labute approximate surface area is 93.8 Å². The summed E-state index contributed by atoms with van der Waals surface area (Å²) in [6.45, 7) is 3.93. The molecule has 5 heteroatoms. The fraction of sp³-hybridized carbons (Fsp3) is 0.800. The molecule has 2 N–H and O–H groups in total. The molecule has 0 saturated carbocycles. The minimum atomic E-state index is -0.757. The van der Waals surface area contributed by atoms with E-state index in [1.165, 1.54) is 0 Å². The number of nitrogens with zero attached hydrogens (tertiary/aromatic N) is 2. The van der Waals surface area contributed by atoms with Crippen LogP contribution in [0.25, 0.3) is 0 Å². The zero-order chi connectivity index (χ0) is 11.2. The van der Waals surface area contributed by atoms with Crippen LogP contribution in [0.15, 0.2) is 0 Å². The van der Waals surface area contributed by atoms with Gasteiger partial charge in [0.25, 0.3) is 0 Å². The quantitative estimate of drug-likeness (QED) is 0.707. The van der Waals surface area contributed by atoms with E-state index in [1.807, 2.05) is 13.8 Å². The highest BCUT2D eigenvalue weighted by Crippen LogP contribution is 2.43. The number of nitrogens with two attached hydrogens (primary N) is 1. The van der Waals surface area contributed by atoms with Gasteiger partial charge in [0.2, 0.25) is 5.91 Å². The summed E-state index contributed by atoms with van der Waals surface area (Å²) in [6, 6.07) is 1.89. The van der Waals surface area contributed by atoms with E-state index < -0.39 is 5.54 Å². The van der Waals surface area contributed by atoms with Gasteiger partial charge in [-0.15, -0.1) is 11.8 Å². The second-order valence-corrected chi connectivity index (χ2v) is 5.76. The van der Waals surface area contributed by atoms with Gasteiger partial charge in [0.05, 0.1) is 11.4 Å². The molecular weight excluding hydrogens is 210 g/mol. The Kier molecular flexibility index (Phi) is 2.44. The third kappa shape index (κ3) is 1.35. The zero-order valence-corrected chi connectivity index (χ0v) is 9.75. The molecule has 2 aliphatic rings. The molecule has 0 aliphatic carbocycles. The fourth-order valence-electron chi connectivity index (χ4n) is 2.19. The number of rotatable bonds is 1. The van der Waals surface area contributed by atoms with Crippen LogP contribution in [-0.2, 0) is 4.79 Å². The van der Waals surface area contributed by atoms with Gasteiger partial charge < -0.3 is 10.6 Å². The molecule has 0 spiro atoms. The van der Waals surface area contributed by atoms with Gasteiger partial charge in [-0.3, -0.25) is 4.79 Å². The third-order valence-electron chi connectivity index (χ3n) is 3.42. The number of carbonyl (C=O) groups is 1. The van der Waals surface area contributed by atoms with Crippen molar-refractivity contribution >= 4 is 17.7 Å². The maximum atomic E-state index is 12.2. The fourth-order valence-corrected chi connectivity index (χ4v) is 3.63. The SMILES string of the molecule is CC(C)C1(N)CC2SCC(C#N)N2C1=O. The van der Waals surface area contributed by atoms with Gasteiger partial charge in [-0.2, -0.15) is 5.26 Å². The molecule has 0 bridgehead atoms. The van der Waals surface area contributed by atoms with Crippen molar-refractivity contribution < 1.29 is 4.79 Å². The lowest BCUT2D eigenvalue weighted by molar-refractivity contribution is -0.134. The summed E-state index contributed by atoms with van der Waals surface area (Å²) in [5.74, 6) is 0.802. The molecular formula is C10H15N3OS. The standard InChI is InChI=1S/C10H15N3OS/c1-6(2)10(12)3-8-13(9(10)14)7(4-11)5-15-8/h6-8H,3,5,12H2,1-2H3. The van der Waals surface area contributed by atoms with Crippen molar-refractivity contribution in [3.05, 3.63) is 0 Å². The summed E-state index contributed by atoms with van der Waals surface area (Å²) in [6.07, 6.45) is 0.673. The number of thioether (sulfide) groups is 1. The molecule has 2 fully saturated rings. The number of carbonyl (C=O) groups excluding carboxylic acids is 1. The lowest BCUT2D eigenvalue weighted by atomic mass is 9.86. The molecule has 0 aromatic carbocycles. The lowest BCUT2D eigenvalue weighted by Crippen LogP contribution is -2.53. The van der Waals surface area contributed by atoms with Crippen LogP contribution < -0.4 is 5.73 Å². The van der Waals surface area contributed by atoms with Crippen molar-refractivity contribution in [2.45, 2.75) is 37.2 Å². The predicted molar refractivity (Wildman–Crippen MR) is 58.9 cm³/mol. The van der Waals surface area contributed by atoms with E-state index in [9.17, 15) is 4.79 Å². The largest absolute Gasteiger partial charge is 0.317 e. The Bertz CT molecular complexity index is 338. The molecule has 0 radical (unpaired) electrons. The number of nitriles is 1. The third-order valence-corrected chi connectivity index (χ3v) is 4.70. The van der Waals surface area contributed by atoms with Crippen molar-refractivity contribution in [3.8, 4) is 6.07 Å². The Hall–Kier alpha value is -0.730. The normalized spacial score (nSPS) is 39.7. The summed E-state index contributed by atoms with van der Waals surface area (Å²) in [4.78, 5) is 13.8. The van der Waals surface area contributed by atoms with Crippen molar-refractivity contribution in [3.63, 3.8) is 0 Å². The number of hydrogen-bond acceptors (Lipinski definition) is 4. The summed E-state index contributed by atoms with van der Waals surface area (Å²) in [5, 5.41) is 9.06. The zero-order valence-electron chi connectivity index (χ0n) is 8.93. The van der Waals surface area contributed by atoms with E-state index in [2.05, 4.69) is 6.07 Å². The molecule has 0 aromatic heterocycles. The highest BCUT2D eigenvalue weighted by atomic mass is 32.2. The van der Waals surface area contributed by atoms with Crippen molar-refractivity contribution in [2.75, 3.05) is 5.75 Å². The van der Waals surface area contributed by atoms with Crippen LogP contribution in [0.2, 0.25) is 0 Å². The van der Waals surface area contributed by atoms with E-state index in [0.29, 0.717) is 6.42 Å².